The molecule has 122 valence electrons. The summed E-state index contributed by atoms with van der Waals surface area (Å²) in [5.74, 6) is 0.893. The number of hydrogen-bond acceptors (Lipinski definition) is 4. The summed E-state index contributed by atoms with van der Waals surface area (Å²) in [6.07, 6.45) is 2.38. The highest BCUT2D eigenvalue weighted by atomic mass is 16.5. The van der Waals surface area contributed by atoms with E-state index in [0.717, 1.165) is 24.3 Å². The molecule has 1 fully saturated rings. The average molecular weight is 306 g/mol. The molecule has 5 heteroatoms. The zero-order valence-corrected chi connectivity index (χ0v) is 13.3. The Labute approximate surface area is 132 Å². The van der Waals surface area contributed by atoms with E-state index in [-0.39, 0.29) is 5.91 Å². The van der Waals surface area contributed by atoms with Crippen molar-refractivity contribution in [3.05, 3.63) is 29.8 Å². The van der Waals surface area contributed by atoms with Crippen LogP contribution in [0.15, 0.2) is 24.3 Å². The van der Waals surface area contributed by atoms with Crippen molar-refractivity contribution in [1.82, 2.24) is 5.32 Å². The number of ether oxygens (including phenoxy) is 2. The molecule has 0 saturated carbocycles. The minimum atomic E-state index is -0.470. The number of nitrogens with two attached hydrogens (primary N) is 1. The summed E-state index contributed by atoms with van der Waals surface area (Å²) in [5.41, 5.74) is 6.42. The molecular weight excluding hydrogens is 280 g/mol. The Balaban J connectivity index is 1.87. The molecular formula is C17H26N2O3. The summed E-state index contributed by atoms with van der Waals surface area (Å²) in [5, 5.41) is 3.01. The van der Waals surface area contributed by atoms with Crippen LogP contribution in [0.2, 0.25) is 0 Å². The minimum Gasteiger partial charge on any atom is -0.494 e. The van der Waals surface area contributed by atoms with Crippen LogP contribution in [-0.2, 0) is 16.1 Å². The summed E-state index contributed by atoms with van der Waals surface area (Å²) < 4.78 is 10.9. The van der Waals surface area contributed by atoms with Crippen LogP contribution >= 0.6 is 0 Å². The van der Waals surface area contributed by atoms with Crippen LogP contribution in [0.25, 0.3) is 0 Å². The van der Waals surface area contributed by atoms with Gasteiger partial charge in [-0.05, 0) is 37.0 Å². The van der Waals surface area contributed by atoms with Gasteiger partial charge in [0.05, 0.1) is 12.0 Å². The van der Waals surface area contributed by atoms with Crippen LogP contribution in [0.4, 0.5) is 0 Å². The lowest BCUT2D eigenvalue weighted by molar-refractivity contribution is -0.136. The molecule has 0 aliphatic carbocycles. The van der Waals surface area contributed by atoms with Crippen molar-refractivity contribution in [3.8, 4) is 5.75 Å². The Hall–Kier alpha value is -1.59. The molecule has 22 heavy (non-hydrogen) atoms. The fraction of sp³-hybridized carbons (Fsp3) is 0.588. The Kier molecular flexibility index (Phi) is 6.21. The Morgan fingerprint density at radius 3 is 2.59 bits per heavy atom. The maximum absolute atomic E-state index is 12.5. The molecule has 1 heterocycles. The smallest absolute Gasteiger partial charge is 0.227 e. The van der Waals surface area contributed by atoms with Gasteiger partial charge < -0.3 is 20.5 Å². The molecule has 5 nitrogen and oxygen atoms in total. The topological polar surface area (TPSA) is 73.6 Å². The quantitative estimate of drug-likeness (QED) is 0.806. The first kappa shape index (κ1) is 16.8. The molecule has 2 rings (SSSR count). The van der Waals surface area contributed by atoms with Crippen molar-refractivity contribution in [2.75, 3.05) is 26.4 Å². The van der Waals surface area contributed by atoms with E-state index in [4.69, 9.17) is 15.2 Å². The number of benzene rings is 1. The third-order valence-electron chi connectivity index (χ3n) is 4.17. The van der Waals surface area contributed by atoms with Gasteiger partial charge in [0.1, 0.15) is 5.75 Å². The normalized spacial score (nSPS) is 17.0. The van der Waals surface area contributed by atoms with Gasteiger partial charge in [-0.2, -0.15) is 0 Å². The number of carbonyl (C=O) groups is 1. The van der Waals surface area contributed by atoms with E-state index in [1.165, 1.54) is 0 Å². The second kappa shape index (κ2) is 8.15. The molecule has 0 bridgehead atoms. The molecule has 0 spiro atoms. The molecule has 1 aliphatic rings. The van der Waals surface area contributed by atoms with Gasteiger partial charge >= 0.3 is 0 Å². The SMILES string of the molecule is CCCOc1ccc(CNC(=O)C2(CN)CCOCC2)cc1. The summed E-state index contributed by atoms with van der Waals surface area (Å²) in [6, 6.07) is 7.82. The van der Waals surface area contributed by atoms with Crippen LogP contribution in [-0.4, -0.2) is 32.3 Å². The lowest BCUT2D eigenvalue weighted by Crippen LogP contribution is -2.48. The van der Waals surface area contributed by atoms with E-state index in [1.807, 2.05) is 24.3 Å². The van der Waals surface area contributed by atoms with Gasteiger partial charge in [0.15, 0.2) is 0 Å². The summed E-state index contributed by atoms with van der Waals surface area (Å²) in [4.78, 5) is 12.5. The van der Waals surface area contributed by atoms with Crippen molar-refractivity contribution in [1.29, 1.82) is 0 Å². The summed E-state index contributed by atoms with van der Waals surface area (Å²) in [7, 11) is 0. The minimum absolute atomic E-state index is 0.0320. The van der Waals surface area contributed by atoms with Crippen molar-refractivity contribution in [2.45, 2.75) is 32.7 Å². The standard InChI is InChI=1S/C17H26N2O3/c1-2-9-22-15-5-3-14(4-6-15)12-19-16(20)17(13-18)7-10-21-11-8-17/h3-6H,2,7-13,18H2,1H3,(H,19,20). The lowest BCUT2D eigenvalue weighted by atomic mass is 9.79. The number of rotatable bonds is 7. The maximum atomic E-state index is 12.5. The van der Waals surface area contributed by atoms with Gasteiger partial charge in [0.2, 0.25) is 5.91 Å². The highest BCUT2D eigenvalue weighted by molar-refractivity contribution is 5.83. The molecule has 0 unspecified atom stereocenters. The summed E-state index contributed by atoms with van der Waals surface area (Å²) in [6.45, 7) is 4.88. The molecule has 1 aromatic carbocycles. The number of hydrogen-bond donors (Lipinski definition) is 2. The van der Waals surface area contributed by atoms with E-state index in [2.05, 4.69) is 12.2 Å². The van der Waals surface area contributed by atoms with Gasteiger partial charge in [-0.15, -0.1) is 0 Å². The van der Waals surface area contributed by atoms with E-state index in [1.54, 1.807) is 0 Å². The molecule has 0 aromatic heterocycles. The van der Waals surface area contributed by atoms with E-state index in [9.17, 15) is 4.79 Å². The first-order valence-electron chi connectivity index (χ1n) is 7.98. The van der Waals surface area contributed by atoms with Crippen LogP contribution in [0, 0.1) is 5.41 Å². The van der Waals surface area contributed by atoms with Gasteiger partial charge in [-0.1, -0.05) is 19.1 Å². The first-order chi connectivity index (χ1) is 10.7. The van der Waals surface area contributed by atoms with Crippen molar-refractivity contribution in [2.24, 2.45) is 11.1 Å². The molecule has 1 amide bonds. The van der Waals surface area contributed by atoms with E-state index >= 15 is 0 Å². The predicted molar refractivity (Wildman–Crippen MR) is 85.6 cm³/mol. The van der Waals surface area contributed by atoms with Crippen LogP contribution in [0.3, 0.4) is 0 Å². The van der Waals surface area contributed by atoms with Crippen molar-refractivity contribution < 1.29 is 14.3 Å². The van der Waals surface area contributed by atoms with E-state index < -0.39 is 5.41 Å². The zero-order valence-electron chi connectivity index (χ0n) is 13.3. The average Bonchev–Trinajstić information content (AvgIpc) is 2.59. The monoisotopic (exact) mass is 306 g/mol. The Morgan fingerprint density at radius 1 is 1.32 bits per heavy atom. The molecule has 1 saturated heterocycles. The molecule has 1 aromatic rings. The third-order valence-corrected chi connectivity index (χ3v) is 4.17. The third kappa shape index (κ3) is 4.21. The lowest BCUT2D eigenvalue weighted by Gasteiger charge is -2.34. The van der Waals surface area contributed by atoms with Crippen molar-refractivity contribution >= 4 is 5.91 Å². The Morgan fingerprint density at radius 2 is 2.00 bits per heavy atom. The largest absolute Gasteiger partial charge is 0.494 e. The fourth-order valence-corrected chi connectivity index (χ4v) is 2.58. The molecule has 3 N–H and O–H groups in total. The van der Waals surface area contributed by atoms with Gasteiger partial charge in [-0.25, -0.2) is 0 Å². The van der Waals surface area contributed by atoms with Crippen LogP contribution in [0.1, 0.15) is 31.7 Å². The predicted octanol–water partition coefficient (Wildman–Crippen LogP) is 1.85. The van der Waals surface area contributed by atoms with Crippen LogP contribution < -0.4 is 15.8 Å². The first-order valence-corrected chi connectivity index (χ1v) is 7.98. The second-order valence-corrected chi connectivity index (χ2v) is 5.77. The van der Waals surface area contributed by atoms with Crippen LogP contribution in [0.5, 0.6) is 5.75 Å². The second-order valence-electron chi connectivity index (χ2n) is 5.77. The van der Waals surface area contributed by atoms with Gasteiger partial charge in [-0.3, -0.25) is 4.79 Å². The molecule has 0 radical (unpaired) electrons. The highest BCUT2D eigenvalue weighted by Gasteiger charge is 2.38. The molecule has 1 aliphatic heterocycles. The Bertz CT molecular complexity index is 467. The van der Waals surface area contributed by atoms with Crippen molar-refractivity contribution in [3.63, 3.8) is 0 Å². The fourth-order valence-electron chi connectivity index (χ4n) is 2.58. The zero-order chi connectivity index (χ0) is 15.8. The number of carbonyl (C=O) groups excluding carboxylic acids is 1. The maximum Gasteiger partial charge on any atom is 0.227 e. The number of nitrogens with one attached hydrogen (secondary N) is 1. The van der Waals surface area contributed by atoms with E-state index in [0.29, 0.717) is 39.1 Å². The summed E-state index contributed by atoms with van der Waals surface area (Å²) >= 11 is 0. The number of amides is 1. The highest BCUT2D eigenvalue weighted by Crippen LogP contribution is 2.29. The van der Waals surface area contributed by atoms with Gasteiger partial charge in [0.25, 0.3) is 0 Å². The van der Waals surface area contributed by atoms with Gasteiger partial charge in [0, 0.05) is 26.3 Å². The molecule has 0 atom stereocenters.